The van der Waals surface area contributed by atoms with E-state index < -0.39 is 0 Å². The first-order chi connectivity index (χ1) is 15.9. The Morgan fingerprint density at radius 3 is 2.73 bits per heavy atom. The van der Waals surface area contributed by atoms with Gasteiger partial charge < -0.3 is 4.90 Å². The fourth-order valence-corrected chi connectivity index (χ4v) is 7.60. The fraction of sp³-hybridized carbons (Fsp3) is 0.167. The molecule has 3 heterocycles. The Hall–Kier alpha value is -2.03. The summed E-state index contributed by atoms with van der Waals surface area (Å²) in [4.78, 5) is 16.5. The van der Waals surface area contributed by atoms with Gasteiger partial charge in [0.25, 0.3) is 10.6 Å². The molecule has 168 valence electrons. The molecule has 2 aromatic carbocycles. The third-order valence-electron chi connectivity index (χ3n) is 5.42. The van der Waals surface area contributed by atoms with Crippen LogP contribution in [0.4, 0.5) is 5.69 Å². The van der Waals surface area contributed by atoms with Gasteiger partial charge >= 0.3 is 0 Å². The number of anilines is 1. The Labute approximate surface area is 213 Å². The number of aromatic nitrogens is 2. The van der Waals surface area contributed by atoms with Gasteiger partial charge in [0.05, 0.1) is 17.1 Å². The lowest BCUT2D eigenvalue weighted by molar-refractivity contribution is -0.685. The Morgan fingerprint density at radius 1 is 1.12 bits per heavy atom. The average Bonchev–Trinajstić information content (AvgIpc) is 3.44. The lowest BCUT2D eigenvalue weighted by atomic mass is 10.2. The molecule has 0 radical (unpaired) electrons. The molecule has 4 aromatic rings. The van der Waals surface area contributed by atoms with E-state index in [9.17, 15) is 4.79 Å². The lowest BCUT2D eigenvalue weighted by Gasteiger charge is -2.12. The predicted molar refractivity (Wildman–Crippen MR) is 141 cm³/mol. The summed E-state index contributed by atoms with van der Waals surface area (Å²) in [5.74, 6) is 0. The molecule has 0 spiro atoms. The molecular formula is C24H20Cl2N3OS3+. The van der Waals surface area contributed by atoms with Crippen LogP contribution in [-0.4, -0.2) is 11.6 Å². The van der Waals surface area contributed by atoms with Gasteiger partial charge in [-0.3, -0.25) is 9.36 Å². The van der Waals surface area contributed by atoms with Crippen LogP contribution in [-0.2, 0) is 13.1 Å². The minimum absolute atomic E-state index is 0.0416. The van der Waals surface area contributed by atoms with Gasteiger partial charge in [-0.25, -0.2) is 0 Å². The van der Waals surface area contributed by atoms with E-state index >= 15 is 0 Å². The van der Waals surface area contributed by atoms with E-state index in [0.29, 0.717) is 11.6 Å². The van der Waals surface area contributed by atoms with Crippen molar-refractivity contribution >= 4 is 74.4 Å². The normalized spacial score (nSPS) is 15.4. The van der Waals surface area contributed by atoms with E-state index in [2.05, 4.69) is 33.2 Å². The largest absolute Gasteiger partial charge is 0.337 e. The number of rotatable bonds is 4. The van der Waals surface area contributed by atoms with Gasteiger partial charge in [-0.2, -0.15) is 4.57 Å². The van der Waals surface area contributed by atoms with Crippen LogP contribution in [0.5, 0.6) is 0 Å². The van der Waals surface area contributed by atoms with Gasteiger partial charge in [0.1, 0.15) is 14.2 Å². The van der Waals surface area contributed by atoms with Crippen LogP contribution in [0.3, 0.4) is 0 Å². The third-order valence-corrected chi connectivity index (χ3v) is 9.21. The molecule has 9 heteroatoms. The van der Waals surface area contributed by atoms with Crippen molar-refractivity contribution in [3.8, 4) is 0 Å². The zero-order valence-corrected chi connectivity index (χ0v) is 21.9. The smallest absolute Gasteiger partial charge is 0.271 e. The van der Waals surface area contributed by atoms with Gasteiger partial charge in [0, 0.05) is 34.1 Å². The van der Waals surface area contributed by atoms with E-state index in [0.717, 1.165) is 46.9 Å². The Kier molecular flexibility index (Phi) is 6.42. The van der Waals surface area contributed by atoms with Crippen LogP contribution in [0.15, 0.2) is 63.7 Å². The maximum atomic E-state index is 13.4. The number of halogens is 2. The average molecular weight is 534 g/mol. The van der Waals surface area contributed by atoms with Gasteiger partial charge in [-0.1, -0.05) is 58.4 Å². The highest BCUT2D eigenvalue weighted by Gasteiger charge is 2.25. The molecular weight excluding hydrogens is 513 g/mol. The van der Waals surface area contributed by atoms with Crippen molar-refractivity contribution in [1.29, 1.82) is 0 Å². The maximum Gasteiger partial charge on any atom is 0.271 e. The summed E-state index contributed by atoms with van der Waals surface area (Å²) in [6, 6.07) is 13.7. The molecule has 0 unspecified atom stereocenters. The predicted octanol–water partition coefficient (Wildman–Crippen LogP) is 4.77. The minimum atomic E-state index is 0.0416. The standard InChI is InChI=1S/C24H20Cl2N3OS3/c1-3-29-21(13-20-28(9-10-31-20)14-15-5-4-6-16(25)11-15)33-22(23(29)30)24-27(2)18-8-7-17(26)12-19(18)32-24/h4-13H,3,14H2,1-2H3/q+1/b24-22+. The van der Waals surface area contributed by atoms with Crippen molar-refractivity contribution in [2.45, 2.75) is 24.9 Å². The molecule has 1 aliphatic heterocycles. The molecule has 0 bridgehead atoms. The third kappa shape index (κ3) is 4.40. The number of thioether (sulfide) groups is 1. The minimum Gasteiger partial charge on any atom is -0.337 e. The first-order valence-electron chi connectivity index (χ1n) is 10.3. The summed E-state index contributed by atoms with van der Waals surface area (Å²) < 4.78 is 5.72. The van der Waals surface area contributed by atoms with Crippen LogP contribution in [0, 0.1) is 0 Å². The quantitative estimate of drug-likeness (QED) is 0.354. The molecule has 0 fully saturated rings. The number of benzene rings is 2. The van der Waals surface area contributed by atoms with Gasteiger partial charge in [0.15, 0.2) is 12.7 Å². The number of thiazole rings is 2. The van der Waals surface area contributed by atoms with Crippen LogP contribution < -0.4 is 24.2 Å². The van der Waals surface area contributed by atoms with Crippen LogP contribution in [0.1, 0.15) is 17.5 Å². The fourth-order valence-electron chi connectivity index (χ4n) is 3.80. The Bertz CT molecular complexity index is 1540. The van der Waals surface area contributed by atoms with Gasteiger partial charge in [-0.05, 0) is 37.3 Å². The van der Waals surface area contributed by atoms with Gasteiger partial charge in [-0.15, -0.1) is 11.3 Å². The molecule has 0 atom stereocenters. The van der Waals surface area contributed by atoms with Crippen molar-refractivity contribution < 1.29 is 4.57 Å². The van der Waals surface area contributed by atoms with E-state index in [1.54, 1.807) is 23.1 Å². The lowest BCUT2D eigenvalue weighted by Crippen LogP contribution is -2.36. The second-order valence-corrected chi connectivity index (χ2v) is 11.4. The molecule has 0 aliphatic carbocycles. The number of hydrogen-bond donors (Lipinski definition) is 0. The number of fused-ring (bicyclic) bond motifs is 1. The molecule has 5 rings (SSSR count). The number of nitrogens with zero attached hydrogens (tertiary/aromatic N) is 3. The maximum absolute atomic E-state index is 13.4. The molecule has 0 saturated heterocycles. The monoisotopic (exact) mass is 532 g/mol. The molecule has 4 nitrogen and oxygen atoms in total. The van der Waals surface area contributed by atoms with Crippen LogP contribution >= 0.6 is 57.6 Å². The number of hydrogen-bond acceptors (Lipinski definition) is 5. The van der Waals surface area contributed by atoms with E-state index in [4.69, 9.17) is 23.2 Å². The van der Waals surface area contributed by atoms with E-state index in [-0.39, 0.29) is 5.56 Å². The molecule has 33 heavy (non-hydrogen) atoms. The summed E-state index contributed by atoms with van der Waals surface area (Å²) in [6.45, 7) is 3.34. The SMILES string of the molecule is CCn1c(=O)/c(=C2\Sc3cc(Cl)ccc3N2C)s/c1=C\c1scc[n+]1Cc1cccc(Cl)c1. The van der Waals surface area contributed by atoms with Crippen molar-refractivity contribution in [1.82, 2.24) is 4.57 Å². The molecule has 0 amide bonds. The van der Waals surface area contributed by atoms with Crippen molar-refractivity contribution in [2.24, 2.45) is 0 Å². The zero-order chi connectivity index (χ0) is 23.1. The second kappa shape index (κ2) is 9.31. The molecule has 2 aromatic heterocycles. The molecule has 0 saturated carbocycles. The zero-order valence-electron chi connectivity index (χ0n) is 17.9. The highest BCUT2D eigenvalue weighted by molar-refractivity contribution is 8.08. The Balaban J connectivity index is 1.60. The molecule has 1 aliphatic rings. The summed E-state index contributed by atoms with van der Waals surface area (Å²) >= 11 is 17.1. The second-order valence-electron chi connectivity index (χ2n) is 7.54. The topological polar surface area (TPSA) is 29.1 Å². The van der Waals surface area contributed by atoms with E-state index in [1.807, 2.05) is 54.9 Å². The summed E-state index contributed by atoms with van der Waals surface area (Å²) in [6.07, 6.45) is 4.18. The highest BCUT2D eigenvalue weighted by atomic mass is 35.5. The van der Waals surface area contributed by atoms with Crippen molar-refractivity contribution in [2.75, 3.05) is 11.9 Å². The van der Waals surface area contributed by atoms with Gasteiger partial charge in [0.2, 0.25) is 0 Å². The molecule has 0 N–H and O–H groups in total. The first-order valence-corrected chi connectivity index (χ1v) is 13.6. The first kappa shape index (κ1) is 22.7. The Morgan fingerprint density at radius 2 is 1.94 bits per heavy atom. The summed E-state index contributed by atoms with van der Waals surface area (Å²) in [7, 11) is 2.00. The van der Waals surface area contributed by atoms with Crippen molar-refractivity contribution in [3.63, 3.8) is 0 Å². The van der Waals surface area contributed by atoms with Crippen LogP contribution in [0.25, 0.3) is 11.1 Å². The highest BCUT2D eigenvalue weighted by Crippen LogP contribution is 2.46. The van der Waals surface area contributed by atoms with Crippen molar-refractivity contribution in [3.05, 3.63) is 94.2 Å². The summed E-state index contributed by atoms with van der Waals surface area (Å²) in [5.41, 5.74) is 2.25. The van der Waals surface area contributed by atoms with E-state index in [1.165, 1.54) is 11.3 Å². The van der Waals surface area contributed by atoms with Crippen LogP contribution in [0.2, 0.25) is 10.0 Å². The summed E-state index contributed by atoms with van der Waals surface area (Å²) in [5, 5.41) is 5.52.